The van der Waals surface area contributed by atoms with Crippen molar-refractivity contribution in [3.05, 3.63) is 0 Å². The lowest BCUT2D eigenvalue weighted by Crippen LogP contribution is -2.47. The van der Waals surface area contributed by atoms with Gasteiger partial charge in [-0.15, -0.1) is 23.2 Å². The van der Waals surface area contributed by atoms with E-state index in [0.29, 0.717) is 11.8 Å². The van der Waals surface area contributed by atoms with E-state index < -0.39 is 0 Å². The number of hydrogen-bond donors (Lipinski definition) is 1. The molecule has 1 nitrogen and oxygen atoms in total. The van der Waals surface area contributed by atoms with Crippen molar-refractivity contribution in [2.45, 2.75) is 52.0 Å². The van der Waals surface area contributed by atoms with Gasteiger partial charge in [-0.25, -0.2) is 0 Å². The molecule has 0 radical (unpaired) electrons. The SMILES string of the molecule is CCCCC(CC)CNC(C)(CCl)CCl. The summed E-state index contributed by atoms with van der Waals surface area (Å²) in [6.45, 7) is 7.61. The van der Waals surface area contributed by atoms with Gasteiger partial charge in [0.05, 0.1) is 0 Å². The van der Waals surface area contributed by atoms with Gasteiger partial charge in [0, 0.05) is 17.3 Å². The van der Waals surface area contributed by atoms with Crippen LogP contribution in [0.25, 0.3) is 0 Å². The van der Waals surface area contributed by atoms with Crippen molar-refractivity contribution in [2.75, 3.05) is 18.3 Å². The number of rotatable bonds is 9. The molecule has 0 amide bonds. The highest BCUT2D eigenvalue weighted by Gasteiger charge is 2.22. The van der Waals surface area contributed by atoms with Crippen LogP contribution in [0.1, 0.15) is 46.5 Å². The van der Waals surface area contributed by atoms with Crippen molar-refractivity contribution >= 4 is 23.2 Å². The Morgan fingerprint density at radius 1 is 1.20 bits per heavy atom. The van der Waals surface area contributed by atoms with Crippen LogP contribution in [0.15, 0.2) is 0 Å². The molecule has 0 heterocycles. The van der Waals surface area contributed by atoms with Crippen LogP contribution in [0.4, 0.5) is 0 Å². The van der Waals surface area contributed by atoms with E-state index in [9.17, 15) is 0 Å². The molecule has 0 spiro atoms. The van der Waals surface area contributed by atoms with Crippen LogP contribution < -0.4 is 5.32 Å². The second kappa shape index (κ2) is 8.66. The van der Waals surface area contributed by atoms with Gasteiger partial charge in [-0.3, -0.25) is 0 Å². The van der Waals surface area contributed by atoms with Crippen LogP contribution in [0, 0.1) is 5.92 Å². The number of unbranched alkanes of at least 4 members (excludes halogenated alkanes) is 1. The Morgan fingerprint density at radius 2 is 1.80 bits per heavy atom. The van der Waals surface area contributed by atoms with E-state index in [0.717, 1.165) is 12.5 Å². The van der Waals surface area contributed by atoms with Gasteiger partial charge in [0.1, 0.15) is 0 Å². The molecule has 0 rings (SSSR count). The Bertz CT molecular complexity index is 147. The van der Waals surface area contributed by atoms with Gasteiger partial charge >= 0.3 is 0 Å². The summed E-state index contributed by atoms with van der Waals surface area (Å²) in [4.78, 5) is 0. The largest absolute Gasteiger partial charge is 0.309 e. The second-order valence-corrected chi connectivity index (χ2v) is 5.16. The van der Waals surface area contributed by atoms with E-state index in [2.05, 4.69) is 26.1 Å². The van der Waals surface area contributed by atoms with Crippen molar-refractivity contribution in [2.24, 2.45) is 5.92 Å². The predicted octanol–water partition coefficient (Wildman–Crippen LogP) is 4.03. The molecular formula is C12H25Cl2N. The second-order valence-electron chi connectivity index (χ2n) is 4.63. The number of hydrogen-bond acceptors (Lipinski definition) is 1. The highest BCUT2D eigenvalue weighted by Crippen LogP contribution is 2.15. The van der Waals surface area contributed by atoms with Crippen molar-refractivity contribution in [1.29, 1.82) is 0 Å². The molecule has 3 heteroatoms. The van der Waals surface area contributed by atoms with Gasteiger partial charge < -0.3 is 5.32 Å². The molecule has 0 aliphatic heterocycles. The highest BCUT2D eigenvalue weighted by molar-refractivity contribution is 6.22. The maximum absolute atomic E-state index is 5.89. The summed E-state index contributed by atoms with van der Waals surface area (Å²) in [6.07, 6.45) is 5.13. The molecule has 1 atom stereocenters. The van der Waals surface area contributed by atoms with E-state index in [1.54, 1.807) is 0 Å². The van der Waals surface area contributed by atoms with E-state index in [1.807, 2.05) is 0 Å². The zero-order chi connectivity index (χ0) is 11.7. The van der Waals surface area contributed by atoms with Crippen molar-refractivity contribution in [1.82, 2.24) is 5.32 Å². The Hall–Kier alpha value is 0.540. The molecule has 15 heavy (non-hydrogen) atoms. The fourth-order valence-corrected chi connectivity index (χ4v) is 1.94. The van der Waals surface area contributed by atoms with Gasteiger partial charge in [0.15, 0.2) is 0 Å². The number of nitrogens with one attached hydrogen (secondary N) is 1. The first-order valence-corrected chi connectivity index (χ1v) is 7.05. The van der Waals surface area contributed by atoms with Crippen molar-refractivity contribution in [3.63, 3.8) is 0 Å². The summed E-state index contributed by atoms with van der Waals surface area (Å²) >= 11 is 11.8. The quantitative estimate of drug-likeness (QED) is 0.612. The topological polar surface area (TPSA) is 12.0 Å². The third kappa shape index (κ3) is 6.65. The molecule has 0 aromatic heterocycles. The first-order chi connectivity index (χ1) is 7.11. The maximum Gasteiger partial charge on any atom is 0.0425 e. The molecule has 1 N–H and O–H groups in total. The van der Waals surface area contributed by atoms with Gasteiger partial charge in [0.25, 0.3) is 0 Å². The minimum Gasteiger partial charge on any atom is -0.309 e. The Kier molecular flexibility index (Phi) is 8.98. The summed E-state index contributed by atoms with van der Waals surface area (Å²) in [6, 6.07) is 0. The normalized spacial score (nSPS) is 14.2. The average molecular weight is 254 g/mol. The first-order valence-electron chi connectivity index (χ1n) is 5.98. The lowest BCUT2D eigenvalue weighted by molar-refractivity contribution is 0.352. The van der Waals surface area contributed by atoms with Crippen LogP contribution in [-0.2, 0) is 0 Å². The Balaban J connectivity index is 3.87. The average Bonchev–Trinajstić information content (AvgIpc) is 2.29. The predicted molar refractivity (Wildman–Crippen MR) is 71.2 cm³/mol. The standard InChI is InChI=1S/C12H25Cl2N/c1-4-6-7-11(5-2)8-15-12(3,9-13)10-14/h11,15H,4-10H2,1-3H3. The lowest BCUT2D eigenvalue weighted by atomic mass is 9.97. The zero-order valence-electron chi connectivity index (χ0n) is 10.3. The smallest absolute Gasteiger partial charge is 0.0425 e. The van der Waals surface area contributed by atoms with Crippen LogP contribution in [0.2, 0.25) is 0 Å². The fourth-order valence-electron chi connectivity index (χ4n) is 1.46. The molecule has 0 saturated carbocycles. The number of halogens is 2. The van der Waals surface area contributed by atoms with Crippen LogP contribution in [0.3, 0.4) is 0 Å². The summed E-state index contributed by atoms with van der Waals surface area (Å²) < 4.78 is 0. The minimum absolute atomic E-state index is 0.108. The Morgan fingerprint density at radius 3 is 2.20 bits per heavy atom. The van der Waals surface area contributed by atoms with Gasteiger partial charge in [-0.05, 0) is 25.8 Å². The van der Waals surface area contributed by atoms with Crippen LogP contribution >= 0.6 is 23.2 Å². The summed E-state index contributed by atoms with van der Waals surface area (Å²) in [5.74, 6) is 1.90. The van der Waals surface area contributed by atoms with Crippen molar-refractivity contribution < 1.29 is 0 Å². The molecule has 0 aliphatic carbocycles. The summed E-state index contributed by atoms with van der Waals surface area (Å²) in [7, 11) is 0. The van der Waals surface area contributed by atoms with Crippen molar-refractivity contribution in [3.8, 4) is 0 Å². The van der Waals surface area contributed by atoms with Crippen LogP contribution in [0.5, 0.6) is 0 Å². The molecule has 0 fully saturated rings. The van der Waals surface area contributed by atoms with E-state index in [1.165, 1.54) is 25.7 Å². The van der Waals surface area contributed by atoms with E-state index in [-0.39, 0.29) is 5.54 Å². The third-order valence-electron chi connectivity index (χ3n) is 2.95. The monoisotopic (exact) mass is 253 g/mol. The first kappa shape index (κ1) is 15.5. The molecule has 0 aliphatic rings. The van der Waals surface area contributed by atoms with E-state index in [4.69, 9.17) is 23.2 Å². The zero-order valence-corrected chi connectivity index (χ0v) is 11.8. The Labute approximate surface area is 105 Å². The summed E-state index contributed by atoms with van der Waals surface area (Å²) in [5.41, 5.74) is -0.108. The maximum atomic E-state index is 5.89. The van der Waals surface area contributed by atoms with E-state index >= 15 is 0 Å². The molecule has 0 aromatic rings. The highest BCUT2D eigenvalue weighted by atomic mass is 35.5. The fraction of sp³-hybridized carbons (Fsp3) is 1.00. The lowest BCUT2D eigenvalue weighted by Gasteiger charge is -2.28. The van der Waals surface area contributed by atoms with Gasteiger partial charge in [0.2, 0.25) is 0 Å². The number of alkyl halides is 2. The summed E-state index contributed by atoms with van der Waals surface area (Å²) in [5, 5.41) is 3.49. The third-order valence-corrected chi connectivity index (χ3v) is 4.13. The molecule has 0 bridgehead atoms. The minimum atomic E-state index is -0.108. The van der Waals surface area contributed by atoms with Gasteiger partial charge in [-0.1, -0.05) is 33.1 Å². The molecule has 92 valence electrons. The molecule has 0 aromatic carbocycles. The van der Waals surface area contributed by atoms with Gasteiger partial charge in [-0.2, -0.15) is 0 Å². The molecular weight excluding hydrogens is 229 g/mol. The molecule has 0 saturated heterocycles. The van der Waals surface area contributed by atoms with Crippen LogP contribution in [-0.4, -0.2) is 23.8 Å². The molecule has 1 unspecified atom stereocenters.